The average molecular weight is 544 g/mol. The first-order chi connectivity index (χ1) is 13.7. The quantitative estimate of drug-likeness (QED) is 0.402. The molecular weight excluding hydrogens is 511 g/mol. The molecule has 0 saturated heterocycles. The summed E-state index contributed by atoms with van der Waals surface area (Å²) in [7, 11) is 0. The van der Waals surface area contributed by atoms with Gasteiger partial charge < -0.3 is 0 Å². The van der Waals surface area contributed by atoms with Gasteiger partial charge in [0.05, 0.1) is 0 Å². The Morgan fingerprint density at radius 1 is 0.484 bits per heavy atom. The molecular formula is C21H33InO9. The molecule has 10 heteroatoms. The van der Waals surface area contributed by atoms with Gasteiger partial charge in [0.15, 0.2) is 0 Å². The van der Waals surface area contributed by atoms with Crippen LogP contribution in [0.3, 0.4) is 0 Å². The first-order valence-corrected chi connectivity index (χ1v) is 14.0. The van der Waals surface area contributed by atoms with E-state index in [0.29, 0.717) is 0 Å². The second-order valence-electron chi connectivity index (χ2n) is 10.3. The summed E-state index contributed by atoms with van der Waals surface area (Å²) in [6, 6.07) is 0. The Hall–Kier alpha value is -1.71. The van der Waals surface area contributed by atoms with E-state index in [0.717, 1.165) is 0 Å². The van der Waals surface area contributed by atoms with Crippen LogP contribution in [0.5, 0.6) is 0 Å². The van der Waals surface area contributed by atoms with Crippen LogP contribution in [0.4, 0.5) is 0 Å². The average Bonchev–Trinajstić information content (AvgIpc) is 2.51. The molecule has 0 aliphatic carbocycles. The molecule has 0 amide bonds. The molecule has 0 aromatic carbocycles. The van der Waals surface area contributed by atoms with E-state index in [1.165, 1.54) is 0 Å². The van der Waals surface area contributed by atoms with E-state index >= 15 is 0 Å². The molecule has 0 aliphatic heterocycles. The molecule has 0 aromatic heterocycles. The second-order valence-corrected chi connectivity index (χ2v) is 14.0. The molecule has 0 atom stereocenters. The summed E-state index contributed by atoms with van der Waals surface area (Å²) in [5.41, 5.74) is -2.39. The van der Waals surface area contributed by atoms with Gasteiger partial charge in [-0.3, -0.25) is 0 Å². The van der Waals surface area contributed by atoms with Gasteiger partial charge in [0, 0.05) is 0 Å². The Bertz CT molecular complexity index is 634. The van der Waals surface area contributed by atoms with Crippen LogP contribution in [-0.2, 0) is 37.3 Å². The normalized spacial score (nSPS) is 11.9. The van der Waals surface area contributed by atoms with E-state index < -0.39 is 93.5 Å². The monoisotopic (exact) mass is 544 g/mol. The summed E-state index contributed by atoms with van der Waals surface area (Å²) in [6.07, 6.45) is -1.77. The molecule has 0 heterocycles. The van der Waals surface area contributed by atoms with Crippen LogP contribution in [0.15, 0.2) is 0 Å². The zero-order valence-corrected chi connectivity index (χ0v) is 23.2. The molecule has 9 nitrogen and oxygen atoms in total. The number of hydrogen-bond donors (Lipinski definition) is 0. The van der Waals surface area contributed by atoms with Crippen LogP contribution < -0.4 is 0 Å². The van der Waals surface area contributed by atoms with E-state index in [2.05, 4.69) is 0 Å². The second kappa shape index (κ2) is 11.2. The Kier molecular flexibility index (Phi) is 10.6. The first kappa shape index (κ1) is 29.3. The number of hydrogen-bond acceptors (Lipinski definition) is 9. The molecule has 174 valence electrons. The number of Topliss-reactive ketones (excluding diaryl/α,β-unsaturated/α-hetero) is 3. The fourth-order valence-corrected chi connectivity index (χ4v) is 4.67. The molecule has 0 bridgehead atoms. The van der Waals surface area contributed by atoms with Crippen LogP contribution in [0.25, 0.3) is 0 Å². The zero-order valence-electron chi connectivity index (χ0n) is 19.9. The molecule has 0 saturated carbocycles. The third-order valence-electron chi connectivity index (χ3n) is 4.11. The van der Waals surface area contributed by atoms with Gasteiger partial charge in [-0.2, -0.15) is 0 Å². The van der Waals surface area contributed by atoms with Gasteiger partial charge in [-0.05, 0) is 0 Å². The number of rotatable bonds is 9. The predicted molar refractivity (Wildman–Crippen MR) is 111 cm³/mol. The molecule has 31 heavy (non-hydrogen) atoms. The third kappa shape index (κ3) is 12.0. The van der Waals surface area contributed by atoms with Crippen molar-refractivity contribution in [3.63, 3.8) is 0 Å². The van der Waals surface area contributed by atoms with Crippen molar-refractivity contribution in [2.45, 2.75) is 81.6 Å². The third-order valence-corrected chi connectivity index (χ3v) is 8.01. The predicted octanol–water partition coefficient (Wildman–Crippen LogP) is 2.62. The molecule has 0 aromatic rings. The molecule has 0 fully saturated rings. The van der Waals surface area contributed by atoms with E-state index in [9.17, 15) is 28.8 Å². The first-order valence-electron chi connectivity index (χ1n) is 9.92. The summed E-state index contributed by atoms with van der Waals surface area (Å²) >= 11 is -4.58. The Balaban J connectivity index is 5.28. The molecule has 0 spiro atoms. The standard InChI is InChI=1S/3C7H12O3.In/c3*1-7(2,3)5(8)4-6(9)10;/h3*4H2,1-3H3,(H,9,10);/q;;;+3/p-3. The Morgan fingerprint density at radius 3 is 0.839 bits per heavy atom. The molecule has 0 aliphatic rings. The molecule has 0 unspecified atom stereocenters. The topological polar surface area (TPSA) is 130 Å². The summed E-state index contributed by atoms with van der Waals surface area (Å²) in [5, 5.41) is 0. The van der Waals surface area contributed by atoms with Gasteiger partial charge in [-0.15, -0.1) is 0 Å². The van der Waals surface area contributed by atoms with Gasteiger partial charge in [0.1, 0.15) is 0 Å². The van der Waals surface area contributed by atoms with Gasteiger partial charge in [-0.25, -0.2) is 0 Å². The number of carbonyl (C=O) groups excluding carboxylic acids is 6. The molecule has 0 rings (SSSR count). The fourth-order valence-electron chi connectivity index (χ4n) is 1.71. The maximum absolute atomic E-state index is 12.1. The summed E-state index contributed by atoms with van der Waals surface area (Å²) in [5.74, 6) is -4.22. The van der Waals surface area contributed by atoms with Crippen LogP contribution >= 0.6 is 0 Å². The summed E-state index contributed by atoms with van der Waals surface area (Å²) < 4.78 is 15.1. The van der Waals surface area contributed by atoms with Gasteiger partial charge >= 0.3 is 193 Å². The Labute approximate surface area is 192 Å². The SMILES string of the molecule is CC(C)(C)C(=O)CC(=O)[O][In]([O]C(=O)CC(=O)C(C)(C)C)[O]C(=O)CC(=O)C(C)(C)C. The van der Waals surface area contributed by atoms with E-state index in [1.54, 1.807) is 62.3 Å². The van der Waals surface area contributed by atoms with Crippen LogP contribution in [0.1, 0.15) is 81.6 Å². The van der Waals surface area contributed by atoms with Crippen molar-refractivity contribution in [1.82, 2.24) is 0 Å². The van der Waals surface area contributed by atoms with Crippen molar-refractivity contribution >= 4 is 58.0 Å². The van der Waals surface area contributed by atoms with E-state index in [-0.39, 0.29) is 0 Å². The minimum absolute atomic E-state index is 0.411. The fraction of sp³-hybridized carbons (Fsp3) is 0.714. The van der Waals surface area contributed by atoms with E-state index in [4.69, 9.17) is 8.56 Å². The van der Waals surface area contributed by atoms with Crippen molar-refractivity contribution in [3.8, 4) is 0 Å². The summed E-state index contributed by atoms with van der Waals surface area (Å²) in [4.78, 5) is 72.5. The van der Waals surface area contributed by atoms with Crippen molar-refractivity contribution in [2.24, 2.45) is 16.2 Å². The van der Waals surface area contributed by atoms with Crippen molar-refractivity contribution in [3.05, 3.63) is 0 Å². The maximum atomic E-state index is 12.1. The van der Waals surface area contributed by atoms with Crippen molar-refractivity contribution < 1.29 is 37.3 Å². The van der Waals surface area contributed by atoms with Crippen molar-refractivity contribution in [1.29, 1.82) is 0 Å². The zero-order chi connectivity index (χ0) is 24.8. The van der Waals surface area contributed by atoms with Gasteiger partial charge in [0.2, 0.25) is 0 Å². The number of ketones is 3. The molecule has 0 N–H and O–H groups in total. The minimum atomic E-state index is -4.58. The van der Waals surface area contributed by atoms with Gasteiger partial charge in [0.25, 0.3) is 0 Å². The van der Waals surface area contributed by atoms with E-state index in [1.807, 2.05) is 0 Å². The Morgan fingerprint density at radius 2 is 0.677 bits per heavy atom. The number of carbonyl (C=O) groups is 6. The van der Waals surface area contributed by atoms with Crippen LogP contribution in [0, 0.1) is 16.2 Å². The van der Waals surface area contributed by atoms with Crippen LogP contribution in [-0.4, -0.2) is 58.0 Å². The summed E-state index contributed by atoms with van der Waals surface area (Å²) in [6.45, 7) is 14.6. The van der Waals surface area contributed by atoms with Gasteiger partial charge in [-0.1, -0.05) is 0 Å². The van der Waals surface area contributed by atoms with Crippen LogP contribution in [0.2, 0.25) is 0 Å². The van der Waals surface area contributed by atoms with Crippen molar-refractivity contribution in [2.75, 3.05) is 0 Å². The molecule has 0 radical (unpaired) electrons.